The highest BCUT2D eigenvalue weighted by molar-refractivity contribution is 9.10. The van der Waals surface area contributed by atoms with Crippen LogP contribution in [0.2, 0.25) is 0 Å². The highest BCUT2D eigenvalue weighted by atomic mass is 79.9. The first-order chi connectivity index (χ1) is 15.0. The average Bonchev–Trinajstić information content (AvgIpc) is 2.79. The Bertz CT molecular complexity index is 1100. The van der Waals surface area contributed by atoms with Crippen LogP contribution in [0.3, 0.4) is 0 Å². The summed E-state index contributed by atoms with van der Waals surface area (Å²) >= 11 is 3.54. The number of anilines is 1. The van der Waals surface area contributed by atoms with Crippen LogP contribution in [0, 0.1) is 0 Å². The van der Waals surface area contributed by atoms with Crippen molar-refractivity contribution in [1.82, 2.24) is 14.9 Å². The van der Waals surface area contributed by atoms with Gasteiger partial charge in [-0.25, -0.2) is 9.97 Å². The van der Waals surface area contributed by atoms with E-state index in [1.807, 2.05) is 48.5 Å². The molecule has 1 amide bonds. The smallest absolute Gasteiger partial charge is 0.303 e. The van der Waals surface area contributed by atoms with Crippen molar-refractivity contribution in [2.45, 2.75) is 19.3 Å². The van der Waals surface area contributed by atoms with Gasteiger partial charge in [0, 0.05) is 54.4 Å². The molecule has 31 heavy (non-hydrogen) atoms. The van der Waals surface area contributed by atoms with Gasteiger partial charge in [-0.1, -0.05) is 46.3 Å². The van der Waals surface area contributed by atoms with Gasteiger partial charge in [0.05, 0.1) is 11.2 Å². The van der Waals surface area contributed by atoms with E-state index in [9.17, 15) is 9.59 Å². The number of nitrogens with zero attached hydrogens (tertiary/aromatic N) is 4. The molecular formula is C23H23BrN4O3. The Hall–Kier alpha value is -3.00. The molecule has 0 radical (unpaired) electrons. The lowest BCUT2D eigenvalue weighted by atomic mass is 10.1. The number of piperazine rings is 1. The van der Waals surface area contributed by atoms with E-state index in [4.69, 9.17) is 15.1 Å². The van der Waals surface area contributed by atoms with Gasteiger partial charge < -0.3 is 14.9 Å². The fraction of sp³-hybridized carbons (Fsp3) is 0.304. The SMILES string of the molecule is O=C(O)CCCC(=O)N1CCN(c2nc(-c3ccccc3)c3cc(Br)ccc3n2)CC1. The molecular weight excluding hydrogens is 460 g/mol. The minimum absolute atomic E-state index is 0.00940. The minimum atomic E-state index is -0.868. The number of aliphatic carboxylic acids is 1. The summed E-state index contributed by atoms with van der Waals surface area (Å²) in [5.74, 6) is -0.200. The Balaban J connectivity index is 1.54. The number of carbonyl (C=O) groups excluding carboxylic acids is 1. The second kappa shape index (κ2) is 9.43. The van der Waals surface area contributed by atoms with Crippen molar-refractivity contribution in [3.63, 3.8) is 0 Å². The molecule has 3 aromatic rings. The summed E-state index contributed by atoms with van der Waals surface area (Å²) in [4.78, 5) is 36.6. The van der Waals surface area contributed by atoms with Gasteiger partial charge in [-0.05, 0) is 24.6 Å². The molecule has 0 spiro atoms. The number of carboxylic acid groups (broad SMARTS) is 1. The molecule has 7 nitrogen and oxygen atoms in total. The van der Waals surface area contributed by atoms with Crippen LogP contribution in [0.25, 0.3) is 22.2 Å². The first-order valence-electron chi connectivity index (χ1n) is 10.3. The number of amides is 1. The fourth-order valence-electron chi connectivity index (χ4n) is 3.75. The van der Waals surface area contributed by atoms with Crippen LogP contribution in [-0.4, -0.2) is 58.0 Å². The summed E-state index contributed by atoms with van der Waals surface area (Å²) < 4.78 is 0.976. The maximum atomic E-state index is 12.3. The van der Waals surface area contributed by atoms with Gasteiger partial charge in [-0.2, -0.15) is 0 Å². The number of benzene rings is 2. The molecule has 2 heterocycles. The number of hydrogen-bond acceptors (Lipinski definition) is 5. The van der Waals surface area contributed by atoms with Crippen LogP contribution < -0.4 is 4.90 Å². The van der Waals surface area contributed by atoms with E-state index < -0.39 is 5.97 Å². The standard InChI is InChI=1S/C23H23BrN4O3/c24-17-9-10-19-18(15-17)22(16-5-2-1-3-6-16)26-23(25-19)28-13-11-27(12-14-28)20(29)7-4-8-21(30)31/h1-3,5-6,9-10,15H,4,7-8,11-14H2,(H,30,31). The van der Waals surface area contributed by atoms with Crippen LogP contribution in [-0.2, 0) is 9.59 Å². The van der Waals surface area contributed by atoms with E-state index >= 15 is 0 Å². The highest BCUT2D eigenvalue weighted by Gasteiger charge is 2.23. The van der Waals surface area contributed by atoms with Gasteiger partial charge >= 0.3 is 5.97 Å². The van der Waals surface area contributed by atoms with E-state index in [1.165, 1.54) is 0 Å². The molecule has 1 fully saturated rings. The van der Waals surface area contributed by atoms with Gasteiger partial charge in [0.25, 0.3) is 0 Å². The van der Waals surface area contributed by atoms with Crippen molar-refractivity contribution in [1.29, 1.82) is 0 Å². The zero-order chi connectivity index (χ0) is 21.8. The van der Waals surface area contributed by atoms with E-state index in [-0.39, 0.29) is 18.7 Å². The van der Waals surface area contributed by atoms with E-state index in [0.717, 1.165) is 26.6 Å². The number of halogens is 1. The summed E-state index contributed by atoms with van der Waals surface area (Å²) in [7, 11) is 0. The predicted molar refractivity (Wildman–Crippen MR) is 123 cm³/mol. The Morgan fingerprint density at radius 3 is 2.42 bits per heavy atom. The van der Waals surface area contributed by atoms with Gasteiger partial charge in [0.2, 0.25) is 11.9 Å². The molecule has 1 aliphatic rings. The Morgan fingerprint density at radius 2 is 1.71 bits per heavy atom. The van der Waals surface area contributed by atoms with Crippen molar-refractivity contribution in [2.24, 2.45) is 0 Å². The minimum Gasteiger partial charge on any atom is -0.481 e. The van der Waals surface area contributed by atoms with Crippen molar-refractivity contribution in [2.75, 3.05) is 31.1 Å². The topological polar surface area (TPSA) is 86.6 Å². The molecule has 2 aromatic carbocycles. The molecule has 0 aliphatic carbocycles. The van der Waals surface area contributed by atoms with Gasteiger partial charge in [-0.3, -0.25) is 9.59 Å². The van der Waals surface area contributed by atoms with Gasteiger partial charge in [0.15, 0.2) is 0 Å². The number of hydrogen-bond donors (Lipinski definition) is 1. The number of rotatable bonds is 6. The molecule has 0 unspecified atom stereocenters. The molecule has 1 aromatic heterocycles. The monoisotopic (exact) mass is 482 g/mol. The van der Waals surface area contributed by atoms with Crippen LogP contribution in [0.5, 0.6) is 0 Å². The Labute approximate surface area is 188 Å². The molecule has 1 aliphatic heterocycles. The number of fused-ring (bicyclic) bond motifs is 1. The lowest BCUT2D eigenvalue weighted by molar-refractivity contribution is -0.137. The number of aromatic nitrogens is 2. The van der Waals surface area contributed by atoms with Gasteiger partial charge in [-0.15, -0.1) is 0 Å². The third kappa shape index (κ3) is 5.02. The van der Waals surface area contributed by atoms with Gasteiger partial charge in [0.1, 0.15) is 0 Å². The Kier molecular flexibility index (Phi) is 6.46. The maximum absolute atomic E-state index is 12.3. The summed E-state index contributed by atoms with van der Waals surface area (Å²) in [6, 6.07) is 16.1. The summed E-state index contributed by atoms with van der Waals surface area (Å²) in [5, 5.41) is 9.73. The fourth-order valence-corrected chi connectivity index (χ4v) is 4.11. The normalized spacial score (nSPS) is 14.1. The third-order valence-corrected chi connectivity index (χ3v) is 5.88. The largest absolute Gasteiger partial charge is 0.481 e. The average molecular weight is 483 g/mol. The van der Waals surface area contributed by atoms with Crippen LogP contribution in [0.1, 0.15) is 19.3 Å². The van der Waals surface area contributed by atoms with Crippen LogP contribution in [0.15, 0.2) is 53.0 Å². The summed E-state index contributed by atoms with van der Waals surface area (Å²) in [6.07, 6.45) is 0.666. The van der Waals surface area contributed by atoms with Crippen molar-refractivity contribution in [3.8, 4) is 11.3 Å². The van der Waals surface area contributed by atoms with E-state index in [1.54, 1.807) is 4.90 Å². The highest BCUT2D eigenvalue weighted by Crippen LogP contribution is 2.30. The molecule has 1 N–H and O–H groups in total. The van der Waals surface area contributed by atoms with Crippen LogP contribution in [0.4, 0.5) is 5.95 Å². The summed E-state index contributed by atoms with van der Waals surface area (Å²) in [5.41, 5.74) is 2.79. The third-order valence-electron chi connectivity index (χ3n) is 5.39. The van der Waals surface area contributed by atoms with E-state index in [2.05, 4.69) is 20.8 Å². The zero-order valence-electron chi connectivity index (χ0n) is 17.0. The molecule has 8 heteroatoms. The van der Waals surface area contributed by atoms with Crippen molar-refractivity contribution < 1.29 is 14.7 Å². The summed E-state index contributed by atoms with van der Waals surface area (Å²) in [6.45, 7) is 2.44. The van der Waals surface area contributed by atoms with Crippen molar-refractivity contribution in [3.05, 3.63) is 53.0 Å². The number of carbonyl (C=O) groups is 2. The zero-order valence-corrected chi connectivity index (χ0v) is 18.6. The molecule has 0 bridgehead atoms. The quantitative estimate of drug-likeness (QED) is 0.571. The lowest BCUT2D eigenvalue weighted by Gasteiger charge is -2.35. The molecule has 0 atom stereocenters. The first-order valence-corrected chi connectivity index (χ1v) is 11.1. The number of carboxylic acids is 1. The van der Waals surface area contributed by atoms with E-state index in [0.29, 0.717) is 38.5 Å². The Morgan fingerprint density at radius 1 is 0.968 bits per heavy atom. The second-order valence-corrected chi connectivity index (χ2v) is 8.43. The molecule has 0 saturated carbocycles. The van der Waals surface area contributed by atoms with Crippen molar-refractivity contribution >= 4 is 44.7 Å². The molecule has 4 rings (SSSR count). The second-order valence-electron chi connectivity index (χ2n) is 7.51. The lowest BCUT2D eigenvalue weighted by Crippen LogP contribution is -2.49. The maximum Gasteiger partial charge on any atom is 0.303 e. The predicted octanol–water partition coefficient (Wildman–Crippen LogP) is 3.96. The molecule has 160 valence electrons. The molecule has 1 saturated heterocycles. The van der Waals surface area contributed by atoms with Crippen LogP contribution >= 0.6 is 15.9 Å². The first kappa shape index (κ1) is 21.2.